The molecule has 0 bridgehead atoms. The minimum atomic E-state index is -0.459. The third-order valence-corrected chi connectivity index (χ3v) is 4.31. The van der Waals surface area contributed by atoms with Crippen LogP contribution >= 0.6 is 0 Å². The van der Waals surface area contributed by atoms with Crippen molar-refractivity contribution in [1.29, 1.82) is 0 Å². The number of aliphatic hydroxyl groups is 1. The normalized spacial score (nSPS) is 25.6. The Labute approximate surface area is 122 Å². The van der Waals surface area contributed by atoms with Gasteiger partial charge in [0.15, 0.2) is 0 Å². The van der Waals surface area contributed by atoms with Crippen LogP contribution in [0, 0.1) is 5.92 Å². The van der Waals surface area contributed by atoms with Gasteiger partial charge in [-0.1, -0.05) is 37.8 Å². The predicted octanol–water partition coefficient (Wildman–Crippen LogP) is 3.42. The van der Waals surface area contributed by atoms with Gasteiger partial charge in [0.2, 0.25) is 0 Å². The number of benzene rings is 1. The Kier molecular flexibility index (Phi) is 5.86. The topological polar surface area (TPSA) is 55.5 Å². The molecule has 1 aliphatic rings. The lowest BCUT2D eigenvalue weighted by Crippen LogP contribution is -2.35. The van der Waals surface area contributed by atoms with Gasteiger partial charge in [-0.05, 0) is 37.5 Å². The Balaban J connectivity index is 2.05. The highest BCUT2D eigenvalue weighted by molar-refractivity contribution is 5.29. The summed E-state index contributed by atoms with van der Waals surface area (Å²) in [5, 5.41) is 10.6. The van der Waals surface area contributed by atoms with Crippen LogP contribution in [0.1, 0.15) is 57.1 Å². The molecule has 0 heterocycles. The standard InChI is InChI=1S/C17H27NO2/c1-2-20-14-11-9-13(10-12-14)17(19)15-7-5-3-4-6-8-16(15)18/h9-12,15-17,19H,2-8,18H2,1H3. The summed E-state index contributed by atoms with van der Waals surface area (Å²) in [6, 6.07) is 7.88. The molecule has 0 aliphatic heterocycles. The number of rotatable bonds is 4. The Morgan fingerprint density at radius 3 is 2.45 bits per heavy atom. The fourth-order valence-electron chi connectivity index (χ4n) is 3.11. The molecule has 0 amide bonds. The van der Waals surface area contributed by atoms with Crippen molar-refractivity contribution < 1.29 is 9.84 Å². The quantitative estimate of drug-likeness (QED) is 0.886. The van der Waals surface area contributed by atoms with Gasteiger partial charge in [0.05, 0.1) is 12.7 Å². The van der Waals surface area contributed by atoms with E-state index < -0.39 is 6.10 Å². The van der Waals surface area contributed by atoms with Gasteiger partial charge in [0.25, 0.3) is 0 Å². The predicted molar refractivity (Wildman–Crippen MR) is 81.7 cm³/mol. The lowest BCUT2D eigenvalue weighted by atomic mass is 9.81. The minimum absolute atomic E-state index is 0.108. The summed E-state index contributed by atoms with van der Waals surface area (Å²) in [6.07, 6.45) is 6.49. The Hall–Kier alpha value is -1.06. The summed E-state index contributed by atoms with van der Waals surface area (Å²) in [6.45, 7) is 2.63. The van der Waals surface area contributed by atoms with Crippen LogP contribution in [0.2, 0.25) is 0 Å². The van der Waals surface area contributed by atoms with Gasteiger partial charge in [0, 0.05) is 12.0 Å². The van der Waals surface area contributed by atoms with E-state index >= 15 is 0 Å². The van der Waals surface area contributed by atoms with E-state index in [1.165, 1.54) is 25.7 Å². The maximum atomic E-state index is 10.6. The Morgan fingerprint density at radius 2 is 1.80 bits per heavy atom. The highest BCUT2D eigenvalue weighted by atomic mass is 16.5. The SMILES string of the molecule is CCOc1ccc(C(O)C2CCCCCCC2N)cc1. The second kappa shape index (κ2) is 7.65. The smallest absolute Gasteiger partial charge is 0.119 e. The number of aliphatic hydroxyl groups excluding tert-OH is 1. The molecule has 3 heteroatoms. The van der Waals surface area contributed by atoms with E-state index in [0.717, 1.165) is 24.2 Å². The zero-order chi connectivity index (χ0) is 14.4. The summed E-state index contributed by atoms with van der Waals surface area (Å²) < 4.78 is 5.44. The maximum Gasteiger partial charge on any atom is 0.119 e. The Bertz CT molecular complexity index is 390. The number of nitrogens with two attached hydrogens (primary N) is 1. The first kappa shape index (κ1) is 15.3. The van der Waals surface area contributed by atoms with Crippen LogP contribution in [0.5, 0.6) is 5.75 Å². The molecule has 3 nitrogen and oxygen atoms in total. The van der Waals surface area contributed by atoms with Gasteiger partial charge < -0.3 is 15.6 Å². The van der Waals surface area contributed by atoms with Crippen LogP contribution in [0.4, 0.5) is 0 Å². The van der Waals surface area contributed by atoms with Gasteiger partial charge in [-0.15, -0.1) is 0 Å². The monoisotopic (exact) mass is 277 g/mol. The second-order valence-corrected chi connectivity index (χ2v) is 5.77. The first-order valence-corrected chi connectivity index (χ1v) is 7.88. The van der Waals surface area contributed by atoms with E-state index in [9.17, 15) is 5.11 Å². The summed E-state index contributed by atoms with van der Waals surface area (Å²) in [5.41, 5.74) is 7.23. The van der Waals surface area contributed by atoms with Crippen LogP contribution in [-0.4, -0.2) is 17.8 Å². The van der Waals surface area contributed by atoms with Gasteiger partial charge in [-0.25, -0.2) is 0 Å². The highest BCUT2D eigenvalue weighted by Gasteiger charge is 2.27. The molecule has 1 fully saturated rings. The van der Waals surface area contributed by atoms with Crippen molar-refractivity contribution in [1.82, 2.24) is 0 Å². The van der Waals surface area contributed by atoms with Gasteiger partial charge >= 0.3 is 0 Å². The molecule has 3 N–H and O–H groups in total. The van der Waals surface area contributed by atoms with Crippen LogP contribution in [-0.2, 0) is 0 Å². The zero-order valence-electron chi connectivity index (χ0n) is 12.4. The van der Waals surface area contributed by atoms with Crippen molar-refractivity contribution in [3.05, 3.63) is 29.8 Å². The van der Waals surface area contributed by atoms with Crippen molar-refractivity contribution >= 4 is 0 Å². The largest absolute Gasteiger partial charge is 0.494 e. The van der Waals surface area contributed by atoms with Crippen LogP contribution in [0.25, 0.3) is 0 Å². The third-order valence-electron chi connectivity index (χ3n) is 4.31. The molecular formula is C17H27NO2. The average molecular weight is 277 g/mol. The highest BCUT2D eigenvalue weighted by Crippen LogP contribution is 2.32. The van der Waals surface area contributed by atoms with E-state index in [-0.39, 0.29) is 12.0 Å². The van der Waals surface area contributed by atoms with Gasteiger partial charge in [0.1, 0.15) is 5.75 Å². The first-order chi connectivity index (χ1) is 9.72. The second-order valence-electron chi connectivity index (χ2n) is 5.77. The third kappa shape index (κ3) is 3.97. The molecular weight excluding hydrogens is 250 g/mol. The van der Waals surface area contributed by atoms with E-state index in [0.29, 0.717) is 6.61 Å². The summed E-state index contributed by atoms with van der Waals surface area (Å²) in [7, 11) is 0. The van der Waals surface area contributed by atoms with Gasteiger partial charge in [-0.2, -0.15) is 0 Å². The van der Waals surface area contributed by atoms with Crippen molar-refractivity contribution in [3.8, 4) is 5.75 Å². The van der Waals surface area contributed by atoms with Crippen molar-refractivity contribution in [2.45, 2.75) is 57.6 Å². The molecule has 2 rings (SSSR count). The number of hydrogen-bond acceptors (Lipinski definition) is 3. The van der Waals surface area contributed by atoms with E-state index in [1.807, 2.05) is 31.2 Å². The molecule has 1 saturated carbocycles. The number of ether oxygens (including phenoxy) is 1. The fraction of sp³-hybridized carbons (Fsp3) is 0.647. The Morgan fingerprint density at radius 1 is 1.15 bits per heavy atom. The lowest BCUT2D eigenvalue weighted by Gasteiger charge is -2.30. The molecule has 20 heavy (non-hydrogen) atoms. The van der Waals surface area contributed by atoms with Gasteiger partial charge in [-0.3, -0.25) is 0 Å². The van der Waals surface area contributed by atoms with E-state index in [1.54, 1.807) is 0 Å². The minimum Gasteiger partial charge on any atom is -0.494 e. The molecule has 1 aliphatic carbocycles. The average Bonchev–Trinajstić information content (AvgIpc) is 2.44. The molecule has 112 valence electrons. The summed E-state index contributed by atoms with van der Waals surface area (Å²) in [5.74, 6) is 1.03. The molecule has 3 atom stereocenters. The van der Waals surface area contributed by atoms with Crippen molar-refractivity contribution in [2.75, 3.05) is 6.61 Å². The van der Waals surface area contributed by atoms with E-state index in [4.69, 9.17) is 10.5 Å². The molecule has 0 aromatic heterocycles. The lowest BCUT2D eigenvalue weighted by molar-refractivity contribution is 0.0796. The molecule has 1 aromatic rings. The maximum absolute atomic E-state index is 10.6. The van der Waals surface area contributed by atoms with Crippen LogP contribution < -0.4 is 10.5 Å². The molecule has 0 radical (unpaired) electrons. The fourth-order valence-corrected chi connectivity index (χ4v) is 3.11. The zero-order valence-corrected chi connectivity index (χ0v) is 12.4. The molecule has 3 unspecified atom stereocenters. The summed E-state index contributed by atoms with van der Waals surface area (Å²) >= 11 is 0. The molecule has 0 spiro atoms. The molecule has 0 saturated heterocycles. The number of hydrogen-bond donors (Lipinski definition) is 2. The van der Waals surface area contributed by atoms with Crippen LogP contribution in [0.3, 0.4) is 0 Å². The van der Waals surface area contributed by atoms with Crippen molar-refractivity contribution in [2.24, 2.45) is 11.7 Å². The van der Waals surface area contributed by atoms with Crippen molar-refractivity contribution in [3.63, 3.8) is 0 Å². The van der Waals surface area contributed by atoms with E-state index in [2.05, 4.69) is 0 Å². The van der Waals surface area contributed by atoms with Crippen LogP contribution in [0.15, 0.2) is 24.3 Å². The first-order valence-electron chi connectivity index (χ1n) is 7.88. The molecule has 1 aromatic carbocycles. The summed E-state index contributed by atoms with van der Waals surface area (Å²) in [4.78, 5) is 0.